The van der Waals surface area contributed by atoms with E-state index in [9.17, 15) is 4.79 Å². The van der Waals surface area contributed by atoms with Crippen LogP contribution in [0.4, 0.5) is 11.5 Å². The van der Waals surface area contributed by atoms with Crippen LogP contribution in [0.15, 0.2) is 18.3 Å². The fourth-order valence-corrected chi connectivity index (χ4v) is 2.30. The average molecular weight is 233 g/mol. The summed E-state index contributed by atoms with van der Waals surface area (Å²) in [6, 6.07) is 3.72. The molecule has 1 fully saturated rings. The van der Waals surface area contributed by atoms with Crippen LogP contribution in [-0.2, 0) is 4.79 Å². The van der Waals surface area contributed by atoms with Crippen molar-refractivity contribution in [1.82, 2.24) is 4.98 Å². The molecule has 0 atom stereocenters. The molecule has 0 aromatic carbocycles. The lowest BCUT2D eigenvalue weighted by molar-refractivity contribution is -0.117. The van der Waals surface area contributed by atoms with Gasteiger partial charge in [-0.05, 0) is 30.9 Å². The van der Waals surface area contributed by atoms with E-state index in [2.05, 4.69) is 15.6 Å². The Hall–Kier alpha value is -1.58. The van der Waals surface area contributed by atoms with Gasteiger partial charge < -0.3 is 10.6 Å². The molecule has 2 N–H and O–H groups in total. The van der Waals surface area contributed by atoms with E-state index in [-0.39, 0.29) is 5.91 Å². The lowest BCUT2D eigenvalue weighted by Crippen LogP contribution is -2.15. The van der Waals surface area contributed by atoms with Gasteiger partial charge in [0, 0.05) is 13.5 Å². The van der Waals surface area contributed by atoms with Gasteiger partial charge in [-0.2, -0.15) is 0 Å². The Bertz CT molecular complexity index is 369. The maximum absolute atomic E-state index is 11.8. The molecule has 0 spiro atoms. The third-order valence-electron chi connectivity index (χ3n) is 3.25. The number of aromatic nitrogens is 1. The Kier molecular flexibility index (Phi) is 3.96. The Morgan fingerprint density at radius 3 is 2.76 bits per heavy atom. The number of pyridine rings is 1. The number of carbonyl (C=O) groups is 1. The number of carbonyl (C=O) groups excluding carboxylic acids is 1. The predicted molar refractivity (Wildman–Crippen MR) is 69.0 cm³/mol. The molecule has 1 aliphatic carbocycles. The third-order valence-corrected chi connectivity index (χ3v) is 3.25. The minimum atomic E-state index is 0.107. The smallest absolute Gasteiger partial charge is 0.224 e. The Balaban J connectivity index is 1.84. The van der Waals surface area contributed by atoms with Crippen molar-refractivity contribution in [2.75, 3.05) is 17.7 Å². The summed E-state index contributed by atoms with van der Waals surface area (Å²) in [5.74, 6) is 1.49. The zero-order valence-corrected chi connectivity index (χ0v) is 10.2. The normalized spacial score (nSPS) is 15.8. The van der Waals surface area contributed by atoms with Crippen molar-refractivity contribution in [2.24, 2.45) is 5.92 Å². The van der Waals surface area contributed by atoms with Crippen molar-refractivity contribution in [2.45, 2.75) is 32.1 Å². The molecule has 0 saturated heterocycles. The van der Waals surface area contributed by atoms with E-state index < -0.39 is 0 Å². The van der Waals surface area contributed by atoms with Gasteiger partial charge in [-0.25, -0.2) is 4.98 Å². The summed E-state index contributed by atoms with van der Waals surface area (Å²) < 4.78 is 0. The molecule has 17 heavy (non-hydrogen) atoms. The highest BCUT2D eigenvalue weighted by atomic mass is 16.1. The van der Waals surface area contributed by atoms with E-state index in [4.69, 9.17) is 0 Å². The van der Waals surface area contributed by atoms with Crippen molar-refractivity contribution >= 4 is 17.4 Å². The van der Waals surface area contributed by atoms with Gasteiger partial charge in [0.1, 0.15) is 5.82 Å². The molecule has 4 heteroatoms. The van der Waals surface area contributed by atoms with Crippen LogP contribution in [0.25, 0.3) is 0 Å². The zero-order chi connectivity index (χ0) is 12.1. The topological polar surface area (TPSA) is 54.0 Å². The quantitative estimate of drug-likeness (QED) is 0.840. The van der Waals surface area contributed by atoms with E-state index in [0.29, 0.717) is 12.3 Å². The second kappa shape index (κ2) is 5.66. The van der Waals surface area contributed by atoms with Gasteiger partial charge in [-0.15, -0.1) is 0 Å². The summed E-state index contributed by atoms with van der Waals surface area (Å²) in [5.41, 5.74) is 0.770. The van der Waals surface area contributed by atoms with Crippen LogP contribution >= 0.6 is 0 Å². The van der Waals surface area contributed by atoms with Gasteiger partial charge >= 0.3 is 0 Å². The van der Waals surface area contributed by atoms with E-state index in [1.807, 2.05) is 19.2 Å². The minimum Gasteiger partial charge on any atom is -0.373 e. The van der Waals surface area contributed by atoms with E-state index in [1.165, 1.54) is 25.7 Å². The third kappa shape index (κ3) is 3.44. The molecule has 0 bridgehead atoms. The molecule has 4 nitrogen and oxygen atoms in total. The highest BCUT2D eigenvalue weighted by molar-refractivity contribution is 5.90. The molecule has 0 unspecified atom stereocenters. The van der Waals surface area contributed by atoms with Crippen LogP contribution < -0.4 is 10.6 Å². The highest BCUT2D eigenvalue weighted by Crippen LogP contribution is 2.27. The van der Waals surface area contributed by atoms with Crippen LogP contribution in [0.1, 0.15) is 32.1 Å². The fourth-order valence-electron chi connectivity index (χ4n) is 2.30. The van der Waals surface area contributed by atoms with Crippen molar-refractivity contribution in [3.05, 3.63) is 18.3 Å². The molecule has 0 radical (unpaired) electrons. The SMILES string of the molecule is CNc1ccc(NC(=O)CC2CCCC2)cn1. The van der Waals surface area contributed by atoms with E-state index in [1.54, 1.807) is 6.20 Å². The summed E-state index contributed by atoms with van der Waals surface area (Å²) in [4.78, 5) is 15.9. The molecule has 2 rings (SSSR count). The second-order valence-corrected chi connectivity index (χ2v) is 4.58. The Labute approximate surface area is 102 Å². The number of nitrogens with one attached hydrogen (secondary N) is 2. The standard InChI is InChI=1S/C13H19N3O/c1-14-12-7-6-11(9-15-12)16-13(17)8-10-4-2-3-5-10/h6-7,9-10H,2-5,8H2,1H3,(H,14,15)(H,16,17). The average Bonchev–Trinajstić information content (AvgIpc) is 2.82. The van der Waals surface area contributed by atoms with Gasteiger partial charge in [0.05, 0.1) is 11.9 Å². The van der Waals surface area contributed by atoms with Gasteiger partial charge in [0.15, 0.2) is 0 Å². The van der Waals surface area contributed by atoms with Gasteiger partial charge in [-0.1, -0.05) is 12.8 Å². The van der Waals surface area contributed by atoms with Crippen LogP contribution in [0.2, 0.25) is 0 Å². The first-order valence-corrected chi connectivity index (χ1v) is 6.21. The van der Waals surface area contributed by atoms with Gasteiger partial charge in [-0.3, -0.25) is 4.79 Å². The summed E-state index contributed by atoms with van der Waals surface area (Å²) in [7, 11) is 1.82. The van der Waals surface area contributed by atoms with E-state index in [0.717, 1.165) is 11.5 Å². The highest BCUT2D eigenvalue weighted by Gasteiger charge is 2.18. The molecular formula is C13H19N3O. The maximum Gasteiger partial charge on any atom is 0.224 e. The first-order chi connectivity index (χ1) is 8.28. The number of hydrogen-bond donors (Lipinski definition) is 2. The molecule has 0 aliphatic heterocycles. The van der Waals surface area contributed by atoms with Crippen molar-refractivity contribution < 1.29 is 4.79 Å². The molecule has 1 aliphatic rings. The number of amides is 1. The van der Waals surface area contributed by atoms with Crippen LogP contribution in [-0.4, -0.2) is 17.9 Å². The zero-order valence-electron chi connectivity index (χ0n) is 10.2. The molecule has 1 aromatic heterocycles. The van der Waals surface area contributed by atoms with Crippen molar-refractivity contribution in [3.8, 4) is 0 Å². The van der Waals surface area contributed by atoms with Crippen LogP contribution in [0.5, 0.6) is 0 Å². The predicted octanol–water partition coefficient (Wildman–Crippen LogP) is 2.64. The van der Waals surface area contributed by atoms with E-state index >= 15 is 0 Å². The lowest BCUT2D eigenvalue weighted by atomic mass is 10.0. The largest absolute Gasteiger partial charge is 0.373 e. The minimum absolute atomic E-state index is 0.107. The first kappa shape index (κ1) is 11.9. The fraction of sp³-hybridized carbons (Fsp3) is 0.538. The second-order valence-electron chi connectivity index (χ2n) is 4.58. The molecule has 1 heterocycles. The molecule has 1 aromatic rings. The lowest BCUT2D eigenvalue weighted by Gasteiger charge is -2.09. The number of anilines is 2. The van der Waals surface area contributed by atoms with Gasteiger partial charge in [0.25, 0.3) is 0 Å². The molecule has 1 amide bonds. The molecular weight excluding hydrogens is 214 g/mol. The summed E-state index contributed by atoms with van der Waals surface area (Å²) in [5, 5.41) is 5.83. The van der Waals surface area contributed by atoms with Crippen LogP contribution in [0, 0.1) is 5.92 Å². The maximum atomic E-state index is 11.8. The monoisotopic (exact) mass is 233 g/mol. The Morgan fingerprint density at radius 1 is 1.41 bits per heavy atom. The van der Waals surface area contributed by atoms with Crippen molar-refractivity contribution in [3.63, 3.8) is 0 Å². The first-order valence-electron chi connectivity index (χ1n) is 6.21. The summed E-state index contributed by atoms with van der Waals surface area (Å²) >= 11 is 0. The molecule has 92 valence electrons. The molecule has 1 saturated carbocycles. The Morgan fingerprint density at radius 2 is 2.18 bits per heavy atom. The summed E-state index contributed by atoms with van der Waals surface area (Å²) in [6.45, 7) is 0. The van der Waals surface area contributed by atoms with Crippen molar-refractivity contribution in [1.29, 1.82) is 0 Å². The summed E-state index contributed by atoms with van der Waals surface area (Å²) in [6.07, 6.45) is 7.27. The number of hydrogen-bond acceptors (Lipinski definition) is 3. The number of rotatable bonds is 4. The van der Waals surface area contributed by atoms with Crippen LogP contribution in [0.3, 0.4) is 0 Å². The van der Waals surface area contributed by atoms with Gasteiger partial charge in [0.2, 0.25) is 5.91 Å². The number of nitrogens with zero attached hydrogens (tertiary/aromatic N) is 1.